The number of amides is 1. The lowest BCUT2D eigenvalue weighted by Crippen LogP contribution is -2.30. The van der Waals surface area contributed by atoms with E-state index < -0.39 is 27.6 Å². The number of aromatic amines is 1. The van der Waals surface area contributed by atoms with E-state index in [0.29, 0.717) is 9.08 Å². The SMILES string of the molecule is NC1=NC(=NCCS(=O)(=O)O)/C(=C/C(=O)CNC(=O)c2cc(Br)c(Br)[nH]2)N1. The Kier molecular flexibility index (Phi) is 6.91. The van der Waals surface area contributed by atoms with Gasteiger partial charge in [0.05, 0.1) is 33.6 Å². The summed E-state index contributed by atoms with van der Waals surface area (Å²) < 4.78 is 31.4. The Morgan fingerprint density at radius 2 is 2.11 bits per heavy atom. The summed E-state index contributed by atoms with van der Waals surface area (Å²) in [5.74, 6) is -1.55. The van der Waals surface area contributed by atoms with E-state index >= 15 is 0 Å². The van der Waals surface area contributed by atoms with Gasteiger partial charge in [-0.15, -0.1) is 0 Å². The van der Waals surface area contributed by atoms with Crippen LogP contribution < -0.4 is 16.4 Å². The minimum Gasteiger partial charge on any atom is -0.369 e. The van der Waals surface area contributed by atoms with Crippen molar-refractivity contribution in [1.29, 1.82) is 0 Å². The zero-order valence-corrected chi connectivity index (χ0v) is 17.5. The van der Waals surface area contributed by atoms with Crippen molar-refractivity contribution in [2.45, 2.75) is 0 Å². The number of amidine groups is 1. The molecule has 11 nitrogen and oxygen atoms in total. The van der Waals surface area contributed by atoms with Gasteiger partial charge >= 0.3 is 0 Å². The molecule has 1 amide bonds. The van der Waals surface area contributed by atoms with Crippen molar-refractivity contribution in [3.05, 3.63) is 32.6 Å². The molecule has 1 aliphatic rings. The molecule has 1 aromatic heterocycles. The van der Waals surface area contributed by atoms with Gasteiger partial charge < -0.3 is 21.4 Å². The molecule has 1 aromatic rings. The van der Waals surface area contributed by atoms with Crippen LogP contribution in [0.1, 0.15) is 10.5 Å². The van der Waals surface area contributed by atoms with Crippen molar-refractivity contribution in [1.82, 2.24) is 15.6 Å². The van der Waals surface area contributed by atoms with E-state index in [1.54, 1.807) is 6.07 Å². The molecule has 0 spiro atoms. The van der Waals surface area contributed by atoms with Gasteiger partial charge in [0.1, 0.15) is 5.69 Å². The molecule has 0 bridgehead atoms. The van der Waals surface area contributed by atoms with E-state index in [9.17, 15) is 18.0 Å². The van der Waals surface area contributed by atoms with Crippen LogP contribution in [0, 0.1) is 0 Å². The number of aliphatic imine (C=N–C) groups is 2. The number of nitrogens with two attached hydrogens (primary N) is 1. The van der Waals surface area contributed by atoms with Gasteiger partial charge in [0.2, 0.25) is 0 Å². The second-order valence-electron chi connectivity index (χ2n) is 5.17. The number of aromatic nitrogens is 1. The molecule has 6 N–H and O–H groups in total. The van der Waals surface area contributed by atoms with Crippen LogP contribution in [-0.2, 0) is 14.9 Å². The Labute approximate surface area is 170 Å². The number of H-pyrrole nitrogens is 1. The Hall–Kier alpha value is -2.03. The van der Waals surface area contributed by atoms with Crippen LogP contribution >= 0.6 is 31.9 Å². The van der Waals surface area contributed by atoms with E-state index in [1.807, 2.05) is 0 Å². The Morgan fingerprint density at radius 3 is 2.70 bits per heavy atom. The van der Waals surface area contributed by atoms with Crippen molar-refractivity contribution in [3.8, 4) is 0 Å². The molecule has 0 aromatic carbocycles. The van der Waals surface area contributed by atoms with Gasteiger partial charge in [0.25, 0.3) is 16.0 Å². The van der Waals surface area contributed by atoms with Gasteiger partial charge in [0, 0.05) is 6.08 Å². The third-order valence-corrected chi connectivity index (χ3v) is 5.52. The lowest BCUT2D eigenvalue weighted by Gasteiger charge is -2.03. The molecule has 0 saturated carbocycles. The van der Waals surface area contributed by atoms with E-state index in [-0.39, 0.29) is 36.3 Å². The fraction of sp³-hybridized carbons (Fsp3) is 0.231. The maximum absolute atomic E-state index is 12.0. The predicted molar refractivity (Wildman–Crippen MR) is 105 cm³/mol. The number of nitrogens with one attached hydrogen (secondary N) is 3. The number of carbonyl (C=O) groups excluding carboxylic acids is 2. The molecule has 0 radical (unpaired) electrons. The zero-order chi connectivity index (χ0) is 20.2. The molecular weight excluding hydrogens is 512 g/mol. The topological polar surface area (TPSA) is 179 Å². The van der Waals surface area contributed by atoms with Gasteiger partial charge in [-0.1, -0.05) is 0 Å². The highest BCUT2D eigenvalue weighted by Gasteiger charge is 2.18. The highest BCUT2D eigenvalue weighted by atomic mass is 79.9. The molecule has 146 valence electrons. The largest absolute Gasteiger partial charge is 0.369 e. The molecule has 1 aliphatic heterocycles. The van der Waals surface area contributed by atoms with Gasteiger partial charge in [-0.05, 0) is 37.9 Å². The first-order chi connectivity index (χ1) is 12.5. The first-order valence-electron chi connectivity index (χ1n) is 7.23. The molecule has 2 heterocycles. The highest BCUT2D eigenvalue weighted by Crippen LogP contribution is 2.22. The van der Waals surface area contributed by atoms with Crippen molar-refractivity contribution in [2.75, 3.05) is 18.8 Å². The molecule has 27 heavy (non-hydrogen) atoms. The smallest absolute Gasteiger partial charge is 0.268 e. The van der Waals surface area contributed by atoms with Crippen LogP contribution in [0.4, 0.5) is 0 Å². The molecule has 14 heteroatoms. The summed E-state index contributed by atoms with van der Waals surface area (Å²) in [6.07, 6.45) is 1.14. The van der Waals surface area contributed by atoms with Crippen molar-refractivity contribution >= 4 is 65.5 Å². The van der Waals surface area contributed by atoms with Crippen LogP contribution in [0.15, 0.2) is 36.9 Å². The minimum atomic E-state index is -4.17. The van der Waals surface area contributed by atoms with Crippen LogP contribution in [-0.4, -0.2) is 60.3 Å². The number of hydrogen-bond acceptors (Lipinski definition) is 7. The number of guanidine groups is 1. The van der Waals surface area contributed by atoms with E-state index in [4.69, 9.17) is 10.3 Å². The Balaban J connectivity index is 1.98. The second kappa shape index (κ2) is 8.77. The van der Waals surface area contributed by atoms with Crippen molar-refractivity contribution in [2.24, 2.45) is 15.7 Å². The number of carbonyl (C=O) groups is 2. The molecule has 0 fully saturated rings. The molecule has 0 aliphatic carbocycles. The molecular formula is C13H14Br2N6O5S. The molecule has 2 rings (SSSR count). The number of hydrogen-bond donors (Lipinski definition) is 5. The maximum Gasteiger partial charge on any atom is 0.268 e. The lowest BCUT2D eigenvalue weighted by molar-refractivity contribution is -0.113. The average molecular weight is 526 g/mol. The Bertz CT molecular complexity index is 946. The van der Waals surface area contributed by atoms with E-state index in [0.717, 1.165) is 6.08 Å². The third kappa shape index (κ3) is 6.57. The first-order valence-corrected chi connectivity index (χ1v) is 10.4. The summed E-state index contributed by atoms with van der Waals surface area (Å²) in [5.41, 5.74) is 5.94. The summed E-state index contributed by atoms with van der Waals surface area (Å²) in [6.45, 7) is -0.554. The fourth-order valence-electron chi connectivity index (χ4n) is 1.89. The highest BCUT2D eigenvalue weighted by molar-refractivity contribution is 9.13. The number of halogens is 2. The number of rotatable bonds is 7. The van der Waals surface area contributed by atoms with Crippen LogP contribution in [0.25, 0.3) is 0 Å². The van der Waals surface area contributed by atoms with Crippen LogP contribution in [0.3, 0.4) is 0 Å². The normalized spacial score (nSPS) is 17.1. The van der Waals surface area contributed by atoms with Crippen LogP contribution in [0.2, 0.25) is 0 Å². The fourth-order valence-corrected chi connectivity index (χ4v) is 2.86. The van der Waals surface area contributed by atoms with E-state index in [1.165, 1.54) is 0 Å². The number of ketones is 1. The third-order valence-electron chi connectivity index (χ3n) is 3.04. The van der Waals surface area contributed by atoms with Gasteiger partial charge in [0.15, 0.2) is 17.6 Å². The summed E-state index contributed by atoms with van der Waals surface area (Å²) in [5, 5.41) is 5.05. The quantitative estimate of drug-likeness (QED) is 0.244. The standard InChI is InChI=1S/C13H14Br2N6O5S/c14-7-4-9(19-10(7)15)12(23)18-5-6(22)3-8-11(21-13(16)20-8)17-1-2-27(24,25)26/h3-4,19H,1-2,5H2,(H,18,23)(H,24,25,26)(H3,16,17,20,21)/b8-3-. The summed E-state index contributed by atoms with van der Waals surface area (Å²) in [6, 6.07) is 1.55. The van der Waals surface area contributed by atoms with Crippen LogP contribution in [0.5, 0.6) is 0 Å². The molecule has 0 unspecified atom stereocenters. The van der Waals surface area contributed by atoms with Gasteiger partial charge in [-0.2, -0.15) is 13.4 Å². The van der Waals surface area contributed by atoms with Crippen molar-refractivity contribution in [3.63, 3.8) is 0 Å². The zero-order valence-electron chi connectivity index (χ0n) is 13.5. The van der Waals surface area contributed by atoms with Crippen molar-refractivity contribution < 1.29 is 22.6 Å². The van der Waals surface area contributed by atoms with E-state index in [2.05, 4.69) is 57.5 Å². The minimum absolute atomic E-state index is 0.0213. The summed E-state index contributed by atoms with van der Waals surface area (Å²) in [4.78, 5) is 34.5. The summed E-state index contributed by atoms with van der Waals surface area (Å²) in [7, 11) is -4.17. The Morgan fingerprint density at radius 1 is 1.41 bits per heavy atom. The van der Waals surface area contributed by atoms with Gasteiger partial charge in [-0.3, -0.25) is 19.1 Å². The summed E-state index contributed by atoms with van der Waals surface area (Å²) >= 11 is 6.44. The van der Waals surface area contributed by atoms with Gasteiger partial charge in [-0.25, -0.2) is 0 Å². The lowest BCUT2D eigenvalue weighted by atomic mass is 10.3. The predicted octanol–water partition coefficient (Wildman–Crippen LogP) is -0.0733. The average Bonchev–Trinajstić information content (AvgIpc) is 3.06. The first kappa shape index (κ1) is 21.3. The monoisotopic (exact) mass is 524 g/mol. The maximum atomic E-state index is 12.0. The second-order valence-corrected chi connectivity index (χ2v) is 8.38. The molecule has 0 atom stereocenters. The molecule has 0 saturated heterocycles. The number of nitrogens with zero attached hydrogens (tertiary/aromatic N) is 2.